The first-order chi connectivity index (χ1) is 17.7. The number of aromatic amines is 1. The Morgan fingerprint density at radius 2 is 1.74 bits per heavy atom. The van der Waals surface area contributed by atoms with Crippen molar-refractivity contribution in [2.75, 3.05) is 6.61 Å². The van der Waals surface area contributed by atoms with Gasteiger partial charge in [-0.25, -0.2) is 9.78 Å². The topological polar surface area (TPSA) is 132 Å². The van der Waals surface area contributed by atoms with Crippen molar-refractivity contribution in [2.45, 2.75) is 32.0 Å². The average molecular weight is 571 g/mol. The van der Waals surface area contributed by atoms with E-state index in [1.807, 2.05) is 0 Å². The Bertz CT molecular complexity index is 1270. The molecule has 202 valence electrons. The van der Waals surface area contributed by atoms with Gasteiger partial charge in [0.1, 0.15) is 16.1 Å². The number of rotatable bonds is 11. The predicted molar refractivity (Wildman–Crippen MR) is 131 cm³/mol. The summed E-state index contributed by atoms with van der Waals surface area (Å²) in [6.07, 6.45) is 4.08. The highest BCUT2D eigenvalue weighted by atomic mass is 35.5. The van der Waals surface area contributed by atoms with Crippen LogP contribution in [0.5, 0.6) is 11.5 Å². The number of esters is 1. The number of nitrogens with zero attached hydrogens (tertiary/aromatic N) is 1. The molecule has 1 saturated carbocycles. The number of pyridine rings is 1. The van der Waals surface area contributed by atoms with Gasteiger partial charge in [0.05, 0.1) is 17.1 Å². The molecule has 0 unspecified atom stereocenters. The molecule has 2 aromatic carbocycles. The van der Waals surface area contributed by atoms with E-state index in [0.717, 1.165) is 12.8 Å². The van der Waals surface area contributed by atoms with Crippen LogP contribution < -0.4 is 14.5 Å². The zero-order chi connectivity index (χ0) is 26.5. The zero-order valence-corrected chi connectivity index (χ0v) is 21.1. The number of nitro benzene ring substituents is 1. The summed E-state index contributed by atoms with van der Waals surface area (Å²) >= 11 is 12.6. The Hall–Kier alpha value is -3.54. The molecule has 0 spiro atoms. The van der Waals surface area contributed by atoms with Crippen LogP contribution in [0.1, 0.15) is 40.4 Å². The SMILES string of the molecule is O=C(O[C@@H](Cc1c(Cl)c[nH+]cc1Cl)c1ccc(OC(F)F)c(OCC2CC2)c1)c1ccc([N+](=O)[O-])cc1.[OH-]. The van der Waals surface area contributed by atoms with E-state index in [-0.39, 0.29) is 34.6 Å². The van der Waals surface area contributed by atoms with Crippen LogP contribution >= 0.6 is 23.2 Å². The molecule has 0 bridgehead atoms. The number of carbonyl (C=O) groups excluding carboxylic acids is 1. The van der Waals surface area contributed by atoms with Crippen molar-refractivity contribution in [3.63, 3.8) is 0 Å². The zero-order valence-electron chi connectivity index (χ0n) is 19.6. The lowest BCUT2D eigenvalue weighted by molar-refractivity contribution is -0.384. The van der Waals surface area contributed by atoms with Gasteiger partial charge in [-0.05, 0) is 48.6 Å². The Morgan fingerprint density at radius 1 is 1.08 bits per heavy atom. The number of non-ortho nitro benzene ring substituents is 1. The third kappa shape index (κ3) is 7.50. The normalized spacial score (nSPS) is 13.4. The van der Waals surface area contributed by atoms with E-state index in [4.69, 9.17) is 32.7 Å². The number of aromatic nitrogens is 1. The maximum atomic E-state index is 13.0. The summed E-state index contributed by atoms with van der Waals surface area (Å²) in [7, 11) is 0. The molecule has 0 amide bonds. The van der Waals surface area contributed by atoms with Crippen molar-refractivity contribution in [1.82, 2.24) is 0 Å². The number of nitrogens with one attached hydrogen (secondary N) is 1. The van der Waals surface area contributed by atoms with Crippen LogP contribution in [0, 0.1) is 16.0 Å². The number of alkyl halides is 2. The molecule has 1 aromatic heterocycles. The Kier molecular flexibility index (Phi) is 9.78. The van der Waals surface area contributed by atoms with E-state index >= 15 is 0 Å². The fourth-order valence-electron chi connectivity index (χ4n) is 3.52. The molecule has 0 saturated heterocycles. The van der Waals surface area contributed by atoms with Gasteiger partial charge in [0, 0.05) is 24.1 Å². The predicted octanol–water partition coefficient (Wildman–Crippen LogP) is 6.07. The molecular formula is C25H22Cl2F2N2O7. The summed E-state index contributed by atoms with van der Waals surface area (Å²) in [6, 6.07) is 9.20. The van der Waals surface area contributed by atoms with Gasteiger partial charge in [-0.2, -0.15) is 8.78 Å². The van der Waals surface area contributed by atoms with Crippen LogP contribution in [-0.4, -0.2) is 29.6 Å². The fourth-order valence-corrected chi connectivity index (χ4v) is 4.06. The number of carbonyl (C=O) groups is 1. The number of H-pyrrole nitrogens is 1. The lowest BCUT2D eigenvalue weighted by atomic mass is 10.0. The Labute approximate surface area is 225 Å². The number of benzene rings is 2. The minimum absolute atomic E-state index is 0. The lowest BCUT2D eigenvalue weighted by Crippen LogP contribution is -2.16. The molecule has 1 aliphatic rings. The van der Waals surface area contributed by atoms with Crippen LogP contribution in [0.2, 0.25) is 10.0 Å². The highest BCUT2D eigenvalue weighted by Gasteiger charge is 2.26. The van der Waals surface area contributed by atoms with Crippen molar-refractivity contribution in [3.8, 4) is 11.5 Å². The Balaban J connectivity index is 0.00000400. The maximum Gasteiger partial charge on any atom is 0.387 e. The molecular weight excluding hydrogens is 549 g/mol. The van der Waals surface area contributed by atoms with Crippen molar-refractivity contribution in [2.24, 2.45) is 5.92 Å². The average Bonchev–Trinajstić information content (AvgIpc) is 3.69. The summed E-state index contributed by atoms with van der Waals surface area (Å²) in [5.74, 6) is -0.482. The van der Waals surface area contributed by atoms with Gasteiger partial charge in [0.25, 0.3) is 5.69 Å². The quantitative estimate of drug-likeness (QED) is 0.155. The minimum Gasteiger partial charge on any atom is -0.870 e. The standard InChI is InChI=1S/C25H20Cl2F2N2O6.H2O/c26-19-11-30-12-20(27)18(19)10-22(36-24(32)15-3-6-17(7-4-15)31(33)34)16-5-8-21(37-25(28)29)23(9-16)35-13-14-1-2-14;/h3-9,11-12,14,22,25H,1-2,10,13H2;1H2/t22-;/m0./s1. The van der Waals surface area contributed by atoms with Gasteiger partial charge in [-0.3, -0.25) is 10.1 Å². The van der Waals surface area contributed by atoms with Crippen LogP contribution in [-0.2, 0) is 11.2 Å². The van der Waals surface area contributed by atoms with E-state index in [0.29, 0.717) is 33.7 Å². The van der Waals surface area contributed by atoms with Gasteiger partial charge in [0.2, 0.25) is 0 Å². The molecule has 38 heavy (non-hydrogen) atoms. The number of hydrogen-bond donors (Lipinski definition) is 0. The highest BCUT2D eigenvalue weighted by molar-refractivity contribution is 6.35. The van der Waals surface area contributed by atoms with Crippen molar-refractivity contribution < 1.29 is 43.2 Å². The summed E-state index contributed by atoms with van der Waals surface area (Å²) < 4.78 is 42.1. The number of halogens is 4. The van der Waals surface area contributed by atoms with Gasteiger partial charge in [0.15, 0.2) is 23.9 Å². The molecule has 13 heteroatoms. The molecule has 1 fully saturated rings. The molecule has 1 aliphatic carbocycles. The fraction of sp³-hybridized carbons (Fsp3) is 0.280. The molecule has 1 heterocycles. The van der Waals surface area contributed by atoms with Crippen LogP contribution in [0.25, 0.3) is 0 Å². The van der Waals surface area contributed by atoms with E-state index in [1.165, 1.54) is 54.9 Å². The van der Waals surface area contributed by atoms with Gasteiger partial charge >= 0.3 is 12.6 Å². The smallest absolute Gasteiger partial charge is 0.387 e. The molecule has 1 atom stereocenters. The third-order valence-corrected chi connectivity index (χ3v) is 6.35. The van der Waals surface area contributed by atoms with Gasteiger partial charge in [-0.1, -0.05) is 29.3 Å². The van der Waals surface area contributed by atoms with E-state index < -0.39 is 23.6 Å². The van der Waals surface area contributed by atoms with Crippen molar-refractivity contribution >= 4 is 34.9 Å². The molecule has 9 nitrogen and oxygen atoms in total. The molecule has 4 rings (SSSR count). The molecule has 0 radical (unpaired) electrons. The van der Waals surface area contributed by atoms with Gasteiger partial charge < -0.3 is 19.7 Å². The lowest BCUT2D eigenvalue weighted by Gasteiger charge is -2.21. The van der Waals surface area contributed by atoms with E-state index in [9.17, 15) is 23.7 Å². The number of ether oxygens (including phenoxy) is 3. The maximum absolute atomic E-state index is 13.0. The van der Waals surface area contributed by atoms with Crippen molar-refractivity contribution in [1.29, 1.82) is 0 Å². The first-order valence-electron chi connectivity index (χ1n) is 11.2. The second kappa shape index (κ2) is 12.8. The first-order valence-corrected chi connectivity index (χ1v) is 12.0. The third-order valence-electron chi connectivity index (χ3n) is 5.68. The molecule has 2 N–H and O–H groups in total. The number of nitro groups is 1. The second-order valence-electron chi connectivity index (χ2n) is 8.37. The minimum atomic E-state index is -3.05. The van der Waals surface area contributed by atoms with Crippen LogP contribution in [0.15, 0.2) is 54.9 Å². The van der Waals surface area contributed by atoms with Gasteiger partial charge in [-0.15, -0.1) is 0 Å². The second-order valence-corrected chi connectivity index (χ2v) is 9.19. The van der Waals surface area contributed by atoms with Crippen molar-refractivity contribution in [3.05, 3.63) is 91.7 Å². The van der Waals surface area contributed by atoms with Crippen LogP contribution in [0.3, 0.4) is 0 Å². The monoisotopic (exact) mass is 570 g/mol. The van der Waals surface area contributed by atoms with E-state index in [1.54, 1.807) is 0 Å². The largest absolute Gasteiger partial charge is 0.870 e. The highest BCUT2D eigenvalue weighted by Crippen LogP contribution is 2.38. The summed E-state index contributed by atoms with van der Waals surface area (Å²) in [5, 5.41) is 11.5. The molecule has 0 aliphatic heterocycles. The molecule has 3 aromatic rings. The number of hydrogen-bond acceptors (Lipinski definition) is 7. The summed E-state index contributed by atoms with van der Waals surface area (Å²) in [5.41, 5.74) is 0.802. The summed E-state index contributed by atoms with van der Waals surface area (Å²) in [4.78, 5) is 26.1. The summed E-state index contributed by atoms with van der Waals surface area (Å²) in [6.45, 7) is -2.72. The first kappa shape index (κ1) is 29.0. The Morgan fingerprint density at radius 3 is 2.32 bits per heavy atom. The van der Waals surface area contributed by atoms with Crippen LogP contribution in [0.4, 0.5) is 14.5 Å². The van der Waals surface area contributed by atoms with E-state index in [2.05, 4.69) is 9.72 Å².